The van der Waals surface area contributed by atoms with Crippen molar-refractivity contribution in [1.29, 1.82) is 0 Å². The highest BCUT2D eigenvalue weighted by Gasteiger charge is 2.21. The lowest BCUT2D eigenvalue weighted by Gasteiger charge is -2.24. The summed E-state index contributed by atoms with van der Waals surface area (Å²) in [4.78, 5) is 26.6. The number of ether oxygens (including phenoxy) is 1. The maximum atomic E-state index is 12.0. The van der Waals surface area contributed by atoms with Crippen LogP contribution in [0.1, 0.15) is 24.6 Å². The molecule has 0 spiro atoms. The molecule has 122 valence electrons. The smallest absolute Gasteiger partial charge is 0.321 e. The van der Waals surface area contributed by atoms with Gasteiger partial charge in [0.1, 0.15) is 0 Å². The lowest BCUT2D eigenvalue weighted by molar-refractivity contribution is -0.121. The first-order valence-corrected chi connectivity index (χ1v) is 8.49. The molecule has 0 aliphatic carbocycles. The molecule has 1 aliphatic heterocycles. The number of amides is 3. The number of hydrogen-bond donors (Lipinski definition) is 2. The fraction of sp³-hybridized carbons (Fsp3) is 0.600. The van der Waals surface area contributed by atoms with Gasteiger partial charge in [0.05, 0.1) is 12.6 Å². The molecule has 1 fully saturated rings. The van der Waals surface area contributed by atoms with Gasteiger partial charge in [-0.2, -0.15) is 0 Å². The zero-order valence-electron chi connectivity index (χ0n) is 12.8. The van der Waals surface area contributed by atoms with E-state index in [1.807, 2.05) is 23.3 Å². The number of carbonyl (C=O) groups is 2. The Labute approximate surface area is 134 Å². The molecule has 2 rings (SSSR count). The number of carbonyl (C=O) groups excluding carboxylic acids is 2. The van der Waals surface area contributed by atoms with Crippen molar-refractivity contribution in [1.82, 2.24) is 15.5 Å². The van der Waals surface area contributed by atoms with Crippen molar-refractivity contribution in [2.24, 2.45) is 0 Å². The van der Waals surface area contributed by atoms with Gasteiger partial charge in [-0.05, 0) is 31.2 Å². The molecule has 0 saturated carbocycles. The van der Waals surface area contributed by atoms with Gasteiger partial charge in [-0.1, -0.05) is 6.07 Å². The first-order valence-electron chi connectivity index (χ1n) is 7.61. The van der Waals surface area contributed by atoms with E-state index in [0.717, 1.165) is 19.4 Å². The number of nitrogens with one attached hydrogen (secondary N) is 2. The van der Waals surface area contributed by atoms with Gasteiger partial charge >= 0.3 is 6.03 Å². The van der Waals surface area contributed by atoms with Gasteiger partial charge in [0.25, 0.3) is 0 Å². The minimum absolute atomic E-state index is 0.178. The van der Waals surface area contributed by atoms with Crippen molar-refractivity contribution in [2.45, 2.75) is 32.4 Å². The first-order chi connectivity index (χ1) is 10.7. The minimum Gasteiger partial charge on any atom is -0.377 e. The second-order valence-electron chi connectivity index (χ2n) is 5.29. The monoisotopic (exact) mass is 325 g/mol. The molecule has 6 nitrogen and oxygen atoms in total. The largest absolute Gasteiger partial charge is 0.377 e. The Morgan fingerprint density at radius 2 is 2.36 bits per heavy atom. The predicted molar refractivity (Wildman–Crippen MR) is 85.8 cm³/mol. The van der Waals surface area contributed by atoms with Crippen LogP contribution in [0.3, 0.4) is 0 Å². The summed E-state index contributed by atoms with van der Waals surface area (Å²) in [6.45, 7) is 4.69. The SMILES string of the molecule is CCNC(=O)NC(=O)CN(Cc1cccs1)C[C@@H]1CCCO1. The molecule has 7 heteroatoms. The molecule has 0 radical (unpaired) electrons. The lowest BCUT2D eigenvalue weighted by atomic mass is 10.2. The van der Waals surface area contributed by atoms with Crippen molar-refractivity contribution < 1.29 is 14.3 Å². The van der Waals surface area contributed by atoms with E-state index in [1.165, 1.54) is 4.88 Å². The van der Waals surface area contributed by atoms with Crippen LogP contribution < -0.4 is 10.6 Å². The van der Waals surface area contributed by atoms with Gasteiger partial charge in [0.2, 0.25) is 5.91 Å². The van der Waals surface area contributed by atoms with Crippen LogP contribution in [-0.4, -0.2) is 49.2 Å². The van der Waals surface area contributed by atoms with Crippen LogP contribution in [0.5, 0.6) is 0 Å². The van der Waals surface area contributed by atoms with E-state index in [9.17, 15) is 9.59 Å². The highest BCUT2D eigenvalue weighted by Crippen LogP contribution is 2.16. The van der Waals surface area contributed by atoms with Crippen LogP contribution in [0.15, 0.2) is 17.5 Å². The standard InChI is InChI=1S/C15H23N3O3S/c1-2-16-15(20)17-14(19)11-18(9-12-5-3-7-21-12)10-13-6-4-8-22-13/h4,6,8,12H,2-3,5,7,9-11H2,1H3,(H2,16,17,19,20)/t12-/m0/s1. The zero-order valence-corrected chi connectivity index (χ0v) is 13.7. The number of rotatable bonds is 7. The Bertz CT molecular complexity index is 472. The van der Waals surface area contributed by atoms with E-state index in [-0.39, 0.29) is 18.6 Å². The van der Waals surface area contributed by atoms with Gasteiger partial charge < -0.3 is 10.1 Å². The third-order valence-electron chi connectivity index (χ3n) is 3.40. The molecule has 2 heterocycles. The topological polar surface area (TPSA) is 70.7 Å². The Morgan fingerprint density at radius 1 is 1.50 bits per heavy atom. The van der Waals surface area contributed by atoms with E-state index in [1.54, 1.807) is 11.3 Å². The number of thiophene rings is 1. The lowest BCUT2D eigenvalue weighted by Crippen LogP contribution is -2.45. The molecule has 3 amide bonds. The van der Waals surface area contributed by atoms with Crippen molar-refractivity contribution in [3.05, 3.63) is 22.4 Å². The summed E-state index contributed by atoms with van der Waals surface area (Å²) in [5.41, 5.74) is 0. The van der Waals surface area contributed by atoms with Crippen LogP contribution >= 0.6 is 11.3 Å². The quantitative estimate of drug-likeness (QED) is 0.798. The second kappa shape index (κ2) is 8.87. The van der Waals surface area contributed by atoms with Crippen LogP contribution in [-0.2, 0) is 16.1 Å². The van der Waals surface area contributed by atoms with Crippen molar-refractivity contribution in [2.75, 3.05) is 26.2 Å². The summed E-state index contributed by atoms with van der Waals surface area (Å²) in [6.07, 6.45) is 2.28. The summed E-state index contributed by atoms with van der Waals surface area (Å²) in [5, 5.41) is 6.93. The number of urea groups is 1. The molecule has 1 saturated heterocycles. The number of hydrogen-bond acceptors (Lipinski definition) is 5. The van der Waals surface area contributed by atoms with E-state index in [0.29, 0.717) is 19.6 Å². The molecule has 0 aromatic carbocycles. The molecule has 1 aromatic rings. The molecule has 0 bridgehead atoms. The normalized spacial score (nSPS) is 17.6. The molecular weight excluding hydrogens is 302 g/mol. The second-order valence-corrected chi connectivity index (χ2v) is 6.32. The van der Waals surface area contributed by atoms with Gasteiger partial charge in [0, 0.05) is 31.1 Å². The van der Waals surface area contributed by atoms with Gasteiger partial charge in [-0.15, -0.1) is 11.3 Å². The Kier molecular flexibility index (Phi) is 6.82. The Balaban J connectivity index is 1.88. The molecule has 0 unspecified atom stereocenters. The molecule has 1 aromatic heterocycles. The highest BCUT2D eigenvalue weighted by molar-refractivity contribution is 7.09. The summed E-state index contributed by atoms with van der Waals surface area (Å²) in [7, 11) is 0. The maximum absolute atomic E-state index is 12.0. The fourth-order valence-electron chi connectivity index (χ4n) is 2.46. The van der Waals surface area contributed by atoms with Gasteiger partial charge in [0.15, 0.2) is 0 Å². The van der Waals surface area contributed by atoms with Crippen LogP contribution in [0.2, 0.25) is 0 Å². The molecular formula is C15H23N3O3S. The highest BCUT2D eigenvalue weighted by atomic mass is 32.1. The Hall–Kier alpha value is -1.44. The summed E-state index contributed by atoms with van der Waals surface area (Å²) in [5.74, 6) is -0.291. The summed E-state index contributed by atoms with van der Waals surface area (Å²) < 4.78 is 5.65. The van der Waals surface area contributed by atoms with Crippen molar-refractivity contribution in [3.63, 3.8) is 0 Å². The zero-order chi connectivity index (χ0) is 15.8. The predicted octanol–water partition coefficient (Wildman–Crippen LogP) is 1.57. The van der Waals surface area contributed by atoms with Crippen LogP contribution in [0, 0.1) is 0 Å². The Morgan fingerprint density at radius 3 is 3.00 bits per heavy atom. The summed E-state index contributed by atoms with van der Waals surface area (Å²) in [6, 6.07) is 3.61. The average Bonchev–Trinajstić information content (AvgIpc) is 3.12. The maximum Gasteiger partial charge on any atom is 0.321 e. The molecule has 1 atom stereocenters. The van der Waals surface area contributed by atoms with Gasteiger partial charge in [-0.25, -0.2) is 4.79 Å². The third kappa shape index (κ3) is 5.75. The minimum atomic E-state index is -0.444. The first kappa shape index (κ1) is 16.9. The molecule has 1 aliphatic rings. The number of imide groups is 1. The van der Waals surface area contributed by atoms with E-state index >= 15 is 0 Å². The summed E-state index contributed by atoms with van der Waals surface area (Å²) >= 11 is 1.66. The van der Waals surface area contributed by atoms with E-state index in [4.69, 9.17) is 4.74 Å². The fourth-order valence-corrected chi connectivity index (χ4v) is 3.20. The third-order valence-corrected chi connectivity index (χ3v) is 4.26. The van der Waals surface area contributed by atoms with Crippen LogP contribution in [0.25, 0.3) is 0 Å². The van der Waals surface area contributed by atoms with Gasteiger partial charge in [-0.3, -0.25) is 15.0 Å². The molecule has 22 heavy (non-hydrogen) atoms. The van der Waals surface area contributed by atoms with Crippen molar-refractivity contribution in [3.8, 4) is 0 Å². The molecule has 2 N–H and O–H groups in total. The van der Waals surface area contributed by atoms with Crippen molar-refractivity contribution >= 4 is 23.3 Å². The van der Waals surface area contributed by atoms with Crippen LogP contribution in [0.4, 0.5) is 4.79 Å². The van der Waals surface area contributed by atoms with E-state index < -0.39 is 6.03 Å². The van der Waals surface area contributed by atoms with E-state index in [2.05, 4.69) is 16.7 Å². The number of nitrogens with zero attached hydrogens (tertiary/aromatic N) is 1. The average molecular weight is 325 g/mol.